The van der Waals surface area contributed by atoms with E-state index < -0.39 is 23.4 Å². The van der Waals surface area contributed by atoms with Gasteiger partial charge in [0.25, 0.3) is 5.91 Å². The van der Waals surface area contributed by atoms with Gasteiger partial charge < -0.3 is 10.6 Å². The molecule has 1 amide bonds. The fourth-order valence-corrected chi connectivity index (χ4v) is 2.21. The third-order valence-electron chi connectivity index (χ3n) is 3.62. The number of nitrogens with one attached hydrogen (secondary N) is 2. The lowest BCUT2D eigenvalue weighted by atomic mass is 10.2. The Morgan fingerprint density at radius 1 is 0.885 bits per heavy atom. The van der Waals surface area contributed by atoms with Gasteiger partial charge in [0, 0.05) is 5.69 Å². The molecule has 0 atom stereocenters. The van der Waals surface area contributed by atoms with E-state index >= 15 is 0 Å². The number of carbonyl (C=O) groups is 1. The Morgan fingerprint density at radius 2 is 1.58 bits per heavy atom. The minimum Gasteiger partial charge on any atom is -0.352 e. The second kappa shape index (κ2) is 7.26. The monoisotopic (exact) mass is 357 g/mol. The number of benzene rings is 2. The highest BCUT2D eigenvalue weighted by Gasteiger charge is 2.14. The molecule has 0 aliphatic heterocycles. The van der Waals surface area contributed by atoms with Crippen molar-refractivity contribution in [1.82, 2.24) is 4.98 Å². The van der Waals surface area contributed by atoms with Crippen molar-refractivity contribution < 1.29 is 18.0 Å². The van der Waals surface area contributed by atoms with E-state index in [0.717, 1.165) is 17.7 Å². The molecule has 4 nitrogen and oxygen atoms in total. The Balaban J connectivity index is 1.71. The van der Waals surface area contributed by atoms with E-state index in [9.17, 15) is 18.0 Å². The van der Waals surface area contributed by atoms with Gasteiger partial charge in [-0.2, -0.15) is 0 Å². The molecule has 132 valence electrons. The van der Waals surface area contributed by atoms with Crippen LogP contribution in [0.4, 0.5) is 30.2 Å². The Hall–Kier alpha value is -3.35. The van der Waals surface area contributed by atoms with Gasteiger partial charge in [0.05, 0.1) is 17.6 Å². The molecule has 0 unspecified atom stereocenters. The van der Waals surface area contributed by atoms with E-state index in [2.05, 4.69) is 15.6 Å². The Bertz CT molecular complexity index is 941. The first-order valence-electron chi connectivity index (χ1n) is 7.68. The van der Waals surface area contributed by atoms with Crippen molar-refractivity contribution in [2.45, 2.75) is 6.92 Å². The zero-order valence-corrected chi connectivity index (χ0v) is 13.7. The van der Waals surface area contributed by atoms with E-state index in [4.69, 9.17) is 0 Å². The highest BCUT2D eigenvalue weighted by molar-refractivity contribution is 6.02. The van der Waals surface area contributed by atoms with Crippen molar-refractivity contribution in [1.29, 1.82) is 0 Å². The summed E-state index contributed by atoms with van der Waals surface area (Å²) in [6, 6.07) is 12.1. The van der Waals surface area contributed by atoms with Crippen LogP contribution in [0.15, 0.2) is 54.7 Å². The molecular formula is C19H14F3N3O. The predicted octanol–water partition coefficient (Wildman–Crippen LogP) is 4.80. The van der Waals surface area contributed by atoms with Crippen LogP contribution in [-0.2, 0) is 0 Å². The molecule has 26 heavy (non-hydrogen) atoms. The van der Waals surface area contributed by atoms with Crippen LogP contribution in [0.5, 0.6) is 0 Å². The number of aryl methyl sites for hydroxylation is 1. The molecule has 0 aliphatic carbocycles. The zero-order valence-electron chi connectivity index (χ0n) is 13.7. The van der Waals surface area contributed by atoms with Crippen LogP contribution < -0.4 is 10.6 Å². The molecular weight excluding hydrogens is 343 g/mol. The Morgan fingerprint density at radius 3 is 2.23 bits per heavy atom. The fraction of sp³-hybridized carbons (Fsp3) is 0.0526. The lowest BCUT2D eigenvalue weighted by Crippen LogP contribution is -2.13. The smallest absolute Gasteiger partial charge is 0.274 e. The third-order valence-corrected chi connectivity index (χ3v) is 3.62. The van der Waals surface area contributed by atoms with Gasteiger partial charge in [-0.25, -0.2) is 18.2 Å². The molecule has 2 aromatic carbocycles. The van der Waals surface area contributed by atoms with Gasteiger partial charge in [-0.15, -0.1) is 0 Å². The van der Waals surface area contributed by atoms with Crippen LogP contribution in [0.3, 0.4) is 0 Å². The second-order valence-electron chi connectivity index (χ2n) is 5.60. The average molecular weight is 357 g/mol. The summed E-state index contributed by atoms with van der Waals surface area (Å²) in [5, 5.41) is 5.29. The molecule has 0 spiro atoms. The number of carbonyl (C=O) groups excluding carboxylic acids is 1. The number of hydrogen-bond donors (Lipinski definition) is 2. The van der Waals surface area contributed by atoms with Gasteiger partial charge in [0.1, 0.15) is 5.69 Å². The van der Waals surface area contributed by atoms with Crippen molar-refractivity contribution in [3.8, 4) is 0 Å². The van der Waals surface area contributed by atoms with Gasteiger partial charge in [0.15, 0.2) is 17.5 Å². The van der Waals surface area contributed by atoms with Gasteiger partial charge in [0.2, 0.25) is 0 Å². The summed E-state index contributed by atoms with van der Waals surface area (Å²) in [5.74, 6) is -4.56. The molecule has 0 fully saturated rings. The van der Waals surface area contributed by atoms with Gasteiger partial charge in [-0.1, -0.05) is 17.7 Å². The van der Waals surface area contributed by atoms with Crippen LogP contribution in [0, 0.1) is 24.4 Å². The Labute approximate surface area is 147 Å². The molecule has 3 aromatic rings. The van der Waals surface area contributed by atoms with Crippen molar-refractivity contribution in [2.75, 3.05) is 10.6 Å². The van der Waals surface area contributed by atoms with Crippen LogP contribution in [0.1, 0.15) is 16.1 Å². The largest absolute Gasteiger partial charge is 0.352 e. The standard InChI is InChI=1S/C19H14F3N3O/c1-11-2-4-12(5-3-11)25-19(26)16-8-6-13(10-23-16)24-15-9-7-14(20)17(21)18(15)22/h2-10,24H,1H3,(H,25,26). The second-order valence-corrected chi connectivity index (χ2v) is 5.60. The van der Waals surface area contributed by atoms with Crippen molar-refractivity contribution in [3.63, 3.8) is 0 Å². The minimum atomic E-state index is -1.56. The van der Waals surface area contributed by atoms with Gasteiger partial charge in [-0.05, 0) is 43.3 Å². The molecule has 0 radical (unpaired) electrons. The van der Waals surface area contributed by atoms with E-state index in [0.29, 0.717) is 11.4 Å². The maximum Gasteiger partial charge on any atom is 0.274 e. The molecule has 0 bridgehead atoms. The maximum atomic E-state index is 13.7. The van der Waals surface area contributed by atoms with E-state index in [-0.39, 0.29) is 11.4 Å². The highest BCUT2D eigenvalue weighted by atomic mass is 19.2. The van der Waals surface area contributed by atoms with Crippen LogP contribution in [-0.4, -0.2) is 10.9 Å². The van der Waals surface area contributed by atoms with Crippen molar-refractivity contribution in [3.05, 3.63) is 83.4 Å². The van der Waals surface area contributed by atoms with Crippen molar-refractivity contribution >= 4 is 23.0 Å². The summed E-state index contributed by atoms with van der Waals surface area (Å²) in [4.78, 5) is 16.2. The molecule has 1 heterocycles. The normalized spacial score (nSPS) is 10.5. The third kappa shape index (κ3) is 3.83. The number of halogens is 3. The van der Waals surface area contributed by atoms with Crippen LogP contribution in [0.2, 0.25) is 0 Å². The van der Waals surface area contributed by atoms with Crippen LogP contribution >= 0.6 is 0 Å². The Kier molecular flexibility index (Phi) is 4.88. The molecule has 2 N–H and O–H groups in total. The summed E-state index contributed by atoms with van der Waals surface area (Å²) in [6.45, 7) is 1.94. The van der Waals surface area contributed by atoms with E-state index in [1.165, 1.54) is 18.3 Å². The molecule has 0 saturated heterocycles. The first kappa shape index (κ1) is 17.5. The minimum absolute atomic E-state index is 0.155. The van der Waals surface area contributed by atoms with E-state index in [1.54, 1.807) is 12.1 Å². The molecule has 3 rings (SSSR count). The first-order chi connectivity index (χ1) is 12.4. The molecule has 0 saturated carbocycles. The maximum absolute atomic E-state index is 13.7. The SMILES string of the molecule is Cc1ccc(NC(=O)c2ccc(Nc3ccc(F)c(F)c3F)cn2)cc1. The summed E-state index contributed by atoms with van der Waals surface area (Å²) in [5.41, 5.74) is 1.95. The number of hydrogen-bond acceptors (Lipinski definition) is 3. The van der Waals surface area contributed by atoms with Crippen LogP contribution in [0.25, 0.3) is 0 Å². The topological polar surface area (TPSA) is 54.0 Å². The summed E-state index contributed by atoms with van der Waals surface area (Å²) in [6.07, 6.45) is 1.30. The number of nitrogens with zero attached hydrogens (tertiary/aromatic N) is 1. The lowest BCUT2D eigenvalue weighted by molar-refractivity contribution is 0.102. The number of anilines is 3. The lowest BCUT2D eigenvalue weighted by Gasteiger charge is -2.09. The van der Waals surface area contributed by atoms with Gasteiger partial charge >= 0.3 is 0 Å². The number of pyridine rings is 1. The zero-order chi connectivity index (χ0) is 18.7. The summed E-state index contributed by atoms with van der Waals surface area (Å²) >= 11 is 0. The van der Waals surface area contributed by atoms with Crippen molar-refractivity contribution in [2.24, 2.45) is 0 Å². The van der Waals surface area contributed by atoms with E-state index in [1.807, 2.05) is 19.1 Å². The summed E-state index contributed by atoms with van der Waals surface area (Å²) < 4.78 is 39.8. The molecule has 0 aliphatic rings. The quantitative estimate of drug-likeness (QED) is 0.659. The molecule has 7 heteroatoms. The number of rotatable bonds is 4. The predicted molar refractivity (Wildman–Crippen MR) is 93.0 cm³/mol. The average Bonchev–Trinajstić information content (AvgIpc) is 2.64. The number of amides is 1. The number of aromatic nitrogens is 1. The van der Waals surface area contributed by atoms with Gasteiger partial charge in [-0.3, -0.25) is 4.79 Å². The first-order valence-corrected chi connectivity index (χ1v) is 7.68. The fourth-order valence-electron chi connectivity index (χ4n) is 2.21. The molecule has 1 aromatic heterocycles. The highest BCUT2D eigenvalue weighted by Crippen LogP contribution is 2.23. The summed E-state index contributed by atoms with van der Waals surface area (Å²) in [7, 11) is 0.